The van der Waals surface area contributed by atoms with E-state index in [0.29, 0.717) is 5.56 Å². The maximum Gasteiger partial charge on any atom is 0.0991 e. The Morgan fingerprint density at radius 1 is 0.565 bits per heavy atom. The Morgan fingerprint density at radius 3 is 1.83 bits per heavy atom. The van der Waals surface area contributed by atoms with Gasteiger partial charge >= 0.3 is 0 Å². The van der Waals surface area contributed by atoms with Crippen LogP contribution in [0.25, 0.3) is 51.0 Å². The smallest absolute Gasteiger partial charge is 0.0991 e. The minimum atomic E-state index is -0.608. The molecule has 1 aliphatic rings. The van der Waals surface area contributed by atoms with Crippen molar-refractivity contribution in [3.63, 3.8) is 0 Å². The van der Waals surface area contributed by atoms with E-state index in [1.807, 2.05) is 30.4 Å². The first-order chi connectivity index (χ1) is 22.7. The van der Waals surface area contributed by atoms with E-state index in [4.69, 9.17) is 0 Å². The summed E-state index contributed by atoms with van der Waals surface area (Å²) in [7, 11) is 0. The summed E-state index contributed by atoms with van der Waals surface area (Å²) in [6.07, 6.45) is 3.90. The molecule has 2 heteroatoms. The van der Waals surface area contributed by atoms with Crippen molar-refractivity contribution < 1.29 is 0 Å². The molecule has 1 aromatic heterocycles. The minimum Gasteiger partial charge on any atom is -0.309 e. The van der Waals surface area contributed by atoms with E-state index in [9.17, 15) is 5.26 Å². The lowest BCUT2D eigenvalue weighted by atomic mass is 9.63. The zero-order valence-corrected chi connectivity index (χ0v) is 25.3. The molecule has 0 bridgehead atoms. The summed E-state index contributed by atoms with van der Waals surface area (Å²) in [6.45, 7) is 8.43. The fourth-order valence-electron chi connectivity index (χ4n) is 7.49. The lowest BCUT2D eigenvalue weighted by molar-refractivity contribution is 0.724. The van der Waals surface area contributed by atoms with Gasteiger partial charge in [0.25, 0.3) is 0 Å². The zero-order chi connectivity index (χ0) is 31.3. The first kappa shape index (κ1) is 27.4. The molecule has 216 valence electrons. The molecule has 0 radical (unpaired) electrons. The summed E-state index contributed by atoms with van der Waals surface area (Å²) >= 11 is 0. The Kier molecular flexibility index (Phi) is 6.41. The number of aromatic nitrogens is 1. The van der Waals surface area contributed by atoms with Gasteiger partial charge in [-0.05, 0) is 68.8 Å². The Bertz CT molecular complexity index is 2330. The molecule has 0 amide bonds. The lowest BCUT2D eigenvalue weighted by Crippen LogP contribution is -2.35. The first-order valence-electron chi connectivity index (χ1n) is 15.5. The second-order valence-electron chi connectivity index (χ2n) is 11.7. The Balaban J connectivity index is 1.46. The van der Waals surface area contributed by atoms with Crippen LogP contribution in [0.3, 0.4) is 0 Å². The Morgan fingerprint density at radius 2 is 1.15 bits per heavy atom. The summed E-state index contributed by atoms with van der Waals surface area (Å²) in [5.41, 5.74) is 13.7. The van der Waals surface area contributed by atoms with Crippen LogP contribution in [-0.4, -0.2) is 4.57 Å². The quantitative estimate of drug-likeness (QED) is 0.191. The highest BCUT2D eigenvalue weighted by Crippen LogP contribution is 2.54. The molecule has 6 aromatic carbocycles. The maximum atomic E-state index is 9.51. The van der Waals surface area contributed by atoms with Gasteiger partial charge in [0, 0.05) is 10.9 Å². The average molecular weight is 587 g/mol. The monoisotopic (exact) mass is 586 g/mol. The van der Waals surface area contributed by atoms with Crippen molar-refractivity contribution in [2.45, 2.75) is 5.41 Å². The number of rotatable bonds is 6. The third-order valence-corrected chi connectivity index (χ3v) is 9.49. The molecule has 2 nitrogen and oxygen atoms in total. The second kappa shape index (κ2) is 10.8. The van der Waals surface area contributed by atoms with E-state index in [0.717, 1.165) is 33.5 Å². The van der Waals surface area contributed by atoms with Crippen LogP contribution in [0.15, 0.2) is 159 Å². The van der Waals surface area contributed by atoms with Crippen LogP contribution in [0, 0.1) is 11.3 Å². The molecular weight excluding hydrogens is 556 g/mol. The molecule has 2 heterocycles. The van der Waals surface area contributed by atoms with E-state index in [2.05, 4.69) is 151 Å². The van der Waals surface area contributed by atoms with Crippen molar-refractivity contribution in [3.8, 4) is 34.0 Å². The average Bonchev–Trinajstić information content (AvgIpc) is 3.47. The summed E-state index contributed by atoms with van der Waals surface area (Å²) < 4.78 is 2.36. The zero-order valence-electron chi connectivity index (χ0n) is 25.3. The standard InChI is InChI=1S/C44H30N2/c1-3-37-38-16-11-18-40-43(38)46(41(37)4-2)42-19-9-8-17-39(42)44(40,35-24-20-32(21-25-35)31-13-6-5-7-14-31)36-26-22-33(23-27-36)34-15-10-12-30(28-34)29-45/h3-28H,1-2H2. The molecule has 46 heavy (non-hydrogen) atoms. The summed E-state index contributed by atoms with van der Waals surface area (Å²) in [6, 6.07) is 54.0. The van der Waals surface area contributed by atoms with Gasteiger partial charge in [-0.2, -0.15) is 5.26 Å². The van der Waals surface area contributed by atoms with Crippen molar-refractivity contribution in [3.05, 3.63) is 198 Å². The molecule has 7 aromatic rings. The summed E-state index contributed by atoms with van der Waals surface area (Å²) in [4.78, 5) is 0. The van der Waals surface area contributed by atoms with Crippen LogP contribution in [0.4, 0.5) is 0 Å². The van der Waals surface area contributed by atoms with Crippen LogP contribution in [0.2, 0.25) is 0 Å². The Labute approximate surface area is 269 Å². The van der Waals surface area contributed by atoms with Gasteiger partial charge in [0.15, 0.2) is 0 Å². The predicted octanol–water partition coefficient (Wildman–Crippen LogP) is 10.8. The van der Waals surface area contributed by atoms with Crippen LogP contribution < -0.4 is 0 Å². The molecule has 0 fully saturated rings. The van der Waals surface area contributed by atoms with Gasteiger partial charge in [-0.1, -0.05) is 147 Å². The number of hydrogen-bond donors (Lipinski definition) is 0. The third kappa shape index (κ3) is 3.89. The van der Waals surface area contributed by atoms with Gasteiger partial charge in [-0.3, -0.25) is 0 Å². The first-order valence-corrected chi connectivity index (χ1v) is 15.5. The molecule has 1 unspecified atom stereocenters. The van der Waals surface area contributed by atoms with E-state index >= 15 is 0 Å². The fourth-order valence-corrected chi connectivity index (χ4v) is 7.49. The van der Waals surface area contributed by atoms with Gasteiger partial charge in [0.1, 0.15) is 0 Å². The van der Waals surface area contributed by atoms with Gasteiger partial charge in [0.05, 0.1) is 33.9 Å². The fraction of sp³-hybridized carbons (Fsp3) is 0.0227. The summed E-state index contributed by atoms with van der Waals surface area (Å²) in [5, 5.41) is 10.7. The van der Waals surface area contributed by atoms with Crippen LogP contribution >= 0.6 is 0 Å². The van der Waals surface area contributed by atoms with E-state index in [1.165, 1.54) is 38.9 Å². The van der Waals surface area contributed by atoms with Gasteiger partial charge in [-0.25, -0.2) is 0 Å². The van der Waals surface area contributed by atoms with Gasteiger partial charge in [0.2, 0.25) is 0 Å². The van der Waals surface area contributed by atoms with E-state index < -0.39 is 5.41 Å². The molecule has 1 aliphatic heterocycles. The number of benzene rings is 6. The van der Waals surface area contributed by atoms with Crippen LogP contribution in [-0.2, 0) is 5.41 Å². The molecule has 0 saturated carbocycles. The molecule has 0 N–H and O–H groups in total. The number of hydrogen-bond acceptors (Lipinski definition) is 1. The molecule has 0 aliphatic carbocycles. The minimum absolute atomic E-state index is 0.608. The van der Waals surface area contributed by atoms with Crippen molar-refractivity contribution in [1.82, 2.24) is 4.57 Å². The van der Waals surface area contributed by atoms with Crippen molar-refractivity contribution in [2.75, 3.05) is 0 Å². The normalized spacial score (nSPS) is 14.8. The number of para-hydroxylation sites is 2. The molecule has 8 rings (SSSR count). The van der Waals surface area contributed by atoms with Crippen molar-refractivity contribution in [2.24, 2.45) is 0 Å². The topological polar surface area (TPSA) is 28.7 Å². The Hall–Kier alpha value is -6.17. The number of fused-ring (bicyclic) bond motifs is 2. The number of nitriles is 1. The highest BCUT2D eigenvalue weighted by molar-refractivity contribution is 6.00. The highest BCUT2D eigenvalue weighted by Gasteiger charge is 2.45. The predicted molar refractivity (Wildman–Crippen MR) is 191 cm³/mol. The molecule has 0 spiro atoms. The highest BCUT2D eigenvalue weighted by atomic mass is 15.0. The lowest BCUT2D eigenvalue weighted by Gasteiger charge is -2.42. The SMILES string of the molecule is C=Cc1c(C=C)n2c3c(cccc13)C(c1ccc(-c3ccccc3)cc1)(c1ccc(-c3cccc(C#N)c3)cc1)c1ccccc1-2. The third-order valence-electron chi connectivity index (χ3n) is 9.49. The maximum absolute atomic E-state index is 9.51. The molecule has 0 saturated heterocycles. The number of nitrogens with zero attached hydrogens (tertiary/aromatic N) is 2. The molecular formula is C44H30N2. The second-order valence-corrected chi connectivity index (χ2v) is 11.7. The van der Waals surface area contributed by atoms with E-state index in [-0.39, 0.29) is 0 Å². The van der Waals surface area contributed by atoms with E-state index in [1.54, 1.807) is 0 Å². The molecule has 1 atom stereocenters. The van der Waals surface area contributed by atoms with Crippen LogP contribution in [0.5, 0.6) is 0 Å². The van der Waals surface area contributed by atoms with Crippen molar-refractivity contribution in [1.29, 1.82) is 5.26 Å². The summed E-state index contributed by atoms with van der Waals surface area (Å²) in [5.74, 6) is 0. The van der Waals surface area contributed by atoms with Crippen molar-refractivity contribution >= 4 is 23.1 Å². The largest absolute Gasteiger partial charge is 0.309 e. The van der Waals surface area contributed by atoms with Gasteiger partial charge < -0.3 is 4.57 Å². The van der Waals surface area contributed by atoms with Crippen LogP contribution in [0.1, 0.15) is 39.1 Å². The van der Waals surface area contributed by atoms with Gasteiger partial charge in [-0.15, -0.1) is 0 Å².